The van der Waals surface area contributed by atoms with Gasteiger partial charge < -0.3 is 9.84 Å². The molecule has 0 saturated heterocycles. The van der Waals surface area contributed by atoms with Crippen molar-refractivity contribution in [3.05, 3.63) is 29.1 Å². The number of ketones is 1. The number of phenols is 1. The third-order valence-corrected chi connectivity index (χ3v) is 3.62. The van der Waals surface area contributed by atoms with E-state index >= 15 is 0 Å². The monoisotopic (exact) mass is 318 g/mol. The Bertz CT molecular complexity index is 641. The van der Waals surface area contributed by atoms with Crippen molar-refractivity contribution in [2.24, 2.45) is 0 Å². The fourth-order valence-corrected chi connectivity index (χ4v) is 2.29. The molecule has 0 spiro atoms. The van der Waals surface area contributed by atoms with Crippen molar-refractivity contribution < 1.29 is 14.6 Å². The molecule has 0 radical (unpaired) electrons. The number of carbonyl (C=O) groups is 1. The molecule has 1 heterocycles. The SMILES string of the molecule is CCC(=O)c1cc(CC)c(OCCCCc2nn[nH]n2)cc1O. The molecule has 7 nitrogen and oxygen atoms in total. The van der Waals surface area contributed by atoms with E-state index in [1.54, 1.807) is 19.1 Å². The first-order chi connectivity index (χ1) is 11.2. The minimum absolute atomic E-state index is 0.0177. The molecule has 2 N–H and O–H groups in total. The zero-order chi connectivity index (χ0) is 16.7. The number of tetrazole rings is 1. The number of rotatable bonds is 9. The Labute approximate surface area is 135 Å². The maximum atomic E-state index is 11.8. The van der Waals surface area contributed by atoms with Crippen LogP contribution in [0.2, 0.25) is 0 Å². The van der Waals surface area contributed by atoms with Crippen LogP contribution in [0, 0.1) is 0 Å². The maximum Gasteiger partial charge on any atom is 0.174 e. The van der Waals surface area contributed by atoms with Crippen LogP contribution in [-0.2, 0) is 12.8 Å². The predicted molar refractivity (Wildman–Crippen MR) is 84.7 cm³/mol. The van der Waals surface area contributed by atoms with Crippen LogP contribution in [0.15, 0.2) is 12.1 Å². The van der Waals surface area contributed by atoms with Crippen molar-refractivity contribution in [2.45, 2.75) is 46.0 Å². The molecule has 1 aromatic heterocycles. The second kappa shape index (κ2) is 8.26. The van der Waals surface area contributed by atoms with Gasteiger partial charge in [-0.1, -0.05) is 19.1 Å². The van der Waals surface area contributed by atoms with Crippen LogP contribution in [-0.4, -0.2) is 38.1 Å². The highest BCUT2D eigenvalue weighted by molar-refractivity contribution is 5.98. The summed E-state index contributed by atoms with van der Waals surface area (Å²) >= 11 is 0. The Morgan fingerprint density at radius 2 is 2.13 bits per heavy atom. The van der Waals surface area contributed by atoms with Gasteiger partial charge in [0.1, 0.15) is 11.5 Å². The Balaban J connectivity index is 1.91. The van der Waals surface area contributed by atoms with E-state index in [2.05, 4.69) is 20.6 Å². The molecule has 124 valence electrons. The Kier molecular flexibility index (Phi) is 6.08. The van der Waals surface area contributed by atoms with Crippen LogP contribution < -0.4 is 4.74 Å². The summed E-state index contributed by atoms with van der Waals surface area (Å²) in [6, 6.07) is 3.27. The van der Waals surface area contributed by atoms with Gasteiger partial charge in [0.05, 0.1) is 12.2 Å². The third-order valence-electron chi connectivity index (χ3n) is 3.62. The lowest BCUT2D eigenvalue weighted by Gasteiger charge is -2.13. The fourth-order valence-electron chi connectivity index (χ4n) is 2.29. The molecule has 0 aliphatic heterocycles. The molecular formula is C16H22N4O3. The number of Topliss-reactive ketones (excluding diaryl/α,β-unsaturated/α-hetero) is 1. The van der Waals surface area contributed by atoms with Crippen LogP contribution in [0.4, 0.5) is 0 Å². The molecule has 0 unspecified atom stereocenters. The predicted octanol–water partition coefficient (Wildman–Crippen LogP) is 2.46. The molecule has 0 saturated carbocycles. The number of ether oxygens (including phenoxy) is 1. The number of unbranched alkanes of at least 4 members (excludes halogenated alkanes) is 1. The number of benzene rings is 1. The summed E-state index contributed by atoms with van der Waals surface area (Å²) < 4.78 is 5.76. The van der Waals surface area contributed by atoms with Gasteiger partial charge >= 0.3 is 0 Å². The Hall–Kier alpha value is -2.44. The van der Waals surface area contributed by atoms with E-state index in [-0.39, 0.29) is 11.5 Å². The lowest BCUT2D eigenvalue weighted by molar-refractivity contribution is 0.0985. The van der Waals surface area contributed by atoms with E-state index in [0.29, 0.717) is 30.2 Å². The first kappa shape index (κ1) is 16.9. The van der Waals surface area contributed by atoms with Crippen LogP contribution in [0.25, 0.3) is 0 Å². The number of nitrogens with one attached hydrogen (secondary N) is 1. The van der Waals surface area contributed by atoms with E-state index in [9.17, 15) is 9.90 Å². The fraction of sp³-hybridized carbons (Fsp3) is 0.500. The minimum Gasteiger partial charge on any atom is -0.507 e. The Morgan fingerprint density at radius 1 is 1.30 bits per heavy atom. The lowest BCUT2D eigenvalue weighted by atomic mass is 10.0. The van der Waals surface area contributed by atoms with E-state index in [0.717, 1.165) is 31.2 Å². The number of hydrogen-bond donors (Lipinski definition) is 2. The summed E-state index contributed by atoms with van der Waals surface area (Å²) in [6.07, 6.45) is 3.58. The number of aromatic amines is 1. The van der Waals surface area contributed by atoms with E-state index < -0.39 is 0 Å². The Morgan fingerprint density at radius 3 is 2.78 bits per heavy atom. The summed E-state index contributed by atoms with van der Waals surface area (Å²) in [4.78, 5) is 11.8. The number of aryl methyl sites for hydroxylation is 2. The van der Waals surface area contributed by atoms with Gasteiger partial charge in [-0.15, -0.1) is 10.2 Å². The van der Waals surface area contributed by atoms with Crippen LogP contribution in [0.5, 0.6) is 11.5 Å². The first-order valence-electron chi connectivity index (χ1n) is 7.89. The van der Waals surface area contributed by atoms with Gasteiger partial charge in [0.15, 0.2) is 11.6 Å². The average molecular weight is 318 g/mol. The molecule has 0 fully saturated rings. The number of hydrogen-bond acceptors (Lipinski definition) is 6. The smallest absolute Gasteiger partial charge is 0.174 e. The summed E-state index contributed by atoms with van der Waals surface area (Å²) in [5.74, 6) is 1.25. The van der Waals surface area contributed by atoms with E-state index in [1.165, 1.54) is 0 Å². The summed E-state index contributed by atoms with van der Waals surface area (Å²) in [7, 11) is 0. The molecule has 0 aliphatic carbocycles. The van der Waals surface area contributed by atoms with Gasteiger partial charge in [0, 0.05) is 18.9 Å². The average Bonchev–Trinajstić information content (AvgIpc) is 3.07. The van der Waals surface area contributed by atoms with Gasteiger partial charge in [0.25, 0.3) is 0 Å². The van der Waals surface area contributed by atoms with E-state index in [4.69, 9.17) is 4.74 Å². The first-order valence-corrected chi connectivity index (χ1v) is 7.89. The van der Waals surface area contributed by atoms with Gasteiger partial charge in [0.2, 0.25) is 0 Å². The van der Waals surface area contributed by atoms with Crippen LogP contribution in [0.1, 0.15) is 54.9 Å². The number of nitrogens with zero attached hydrogens (tertiary/aromatic N) is 3. The molecule has 23 heavy (non-hydrogen) atoms. The molecule has 0 amide bonds. The molecule has 0 atom stereocenters. The van der Waals surface area contributed by atoms with Crippen LogP contribution in [0.3, 0.4) is 0 Å². The molecule has 0 bridgehead atoms. The molecule has 7 heteroatoms. The second-order valence-electron chi connectivity index (χ2n) is 5.24. The second-order valence-corrected chi connectivity index (χ2v) is 5.24. The minimum atomic E-state index is -0.0659. The molecule has 2 aromatic rings. The summed E-state index contributed by atoms with van der Waals surface area (Å²) in [6.45, 7) is 4.31. The zero-order valence-electron chi connectivity index (χ0n) is 13.5. The molecule has 0 aliphatic rings. The highest BCUT2D eigenvalue weighted by atomic mass is 16.5. The zero-order valence-corrected chi connectivity index (χ0v) is 13.5. The van der Waals surface area contributed by atoms with Gasteiger partial charge in [-0.25, -0.2) is 0 Å². The van der Waals surface area contributed by atoms with Crippen LogP contribution >= 0.6 is 0 Å². The van der Waals surface area contributed by atoms with Crippen molar-refractivity contribution in [1.29, 1.82) is 0 Å². The summed E-state index contributed by atoms with van der Waals surface area (Å²) in [5.41, 5.74) is 1.30. The van der Waals surface area contributed by atoms with Crippen molar-refractivity contribution in [1.82, 2.24) is 20.6 Å². The van der Waals surface area contributed by atoms with Crippen molar-refractivity contribution in [2.75, 3.05) is 6.61 Å². The molecule has 1 aromatic carbocycles. The third kappa shape index (κ3) is 4.51. The van der Waals surface area contributed by atoms with Gasteiger partial charge in [-0.05, 0) is 30.9 Å². The number of aromatic hydroxyl groups is 1. The van der Waals surface area contributed by atoms with Gasteiger partial charge in [-0.2, -0.15) is 5.21 Å². The topological polar surface area (TPSA) is 101 Å². The molecule has 2 rings (SSSR count). The quantitative estimate of drug-likeness (QED) is 0.544. The van der Waals surface area contributed by atoms with Gasteiger partial charge in [-0.3, -0.25) is 4.79 Å². The molecular weight excluding hydrogens is 296 g/mol. The summed E-state index contributed by atoms with van der Waals surface area (Å²) in [5, 5.41) is 23.7. The van der Waals surface area contributed by atoms with Crippen molar-refractivity contribution >= 4 is 5.78 Å². The number of aromatic nitrogens is 4. The standard InChI is InChI=1S/C16H22N4O3/c1-3-11-9-12(13(21)4-2)14(22)10-15(11)23-8-6-5-7-16-17-19-20-18-16/h9-10,22H,3-8H2,1-2H3,(H,17,18,19,20). The normalized spacial score (nSPS) is 10.7. The van der Waals surface area contributed by atoms with Crippen molar-refractivity contribution in [3.8, 4) is 11.5 Å². The lowest BCUT2D eigenvalue weighted by Crippen LogP contribution is -2.04. The number of carbonyl (C=O) groups excluding carboxylic acids is 1. The van der Waals surface area contributed by atoms with E-state index in [1.807, 2.05) is 6.92 Å². The number of H-pyrrole nitrogens is 1. The van der Waals surface area contributed by atoms with Crippen molar-refractivity contribution in [3.63, 3.8) is 0 Å². The maximum absolute atomic E-state index is 11.8. The highest BCUT2D eigenvalue weighted by Gasteiger charge is 2.14. The highest BCUT2D eigenvalue weighted by Crippen LogP contribution is 2.30. The largest absolute Gasteiger partial charge is 0.507 e. The number of phenolic OH excluding ortho intramolecular Hbond substituents is 1.